The number of amides is 1. The average Bonchev–Trinajstić information content (AvgIpc) is 3.57. The topological polar surface area (TPSA) is 86.4 Å². The van der Waals surface area contributed by atoms with Gasteiger partial charge in [-0.25, -0.2) is 4.98 Å². The summed E-state index contributed by atoms with van der Waals surface area (Å²) in [5, 5.41) is 4.18. The molecule has 0 radical (unpaired) electrons. The summed E-state index contributed by atoms with van der Waals surface area (Å²) in [6, 6.07) is 13.6. The van der Waals surface area contributed by atoms with Crippen LogP contribution in [-0.4, -0.2) is 47.5 Å². The molecule has 1 saturated heterocycles. The lowest BCUT2D eigenvalue weighted by atomic mass is 9.96. The van der Waals surface area contributed by atoms with Gasteiger partial charge >= 0.3 is 0 Å². The molecule has 0 unspecified atom stereocenters. The number of piperidine rings is 1. The van der Waals surface area contributed by atoms with Crippen LogP contribution in [0.1, 0.15) is 36.6 Å². The molecule has 0 bridgehead atoms. The zero-order chi connectivity index (χ0) is 21.5. The van der Waals surface area contributed by atoms with Gasteiger partial charge in [-0.05, 0) is 42.7 Å². The van der Waals surface area contributed by atoms with Crippen molar-refractivity contribution in [3.8, 4) is 11.5 Å². The Morgan fingerprint density at radius 3 is 2.78 bits per heavy atom. The first-order valence-electron chi connectivity index (χ1n) is 11.0. The van der Waals surface area contributed by atoms with Crippen LogP contribution in [0, 0.1) is 0 Å². The quantitative estimate of drug-likeness (QED) is 0.624. The van der Waals surface area contributed by atoms with Crippen molar-refractivity contribution in [2.75, 3.05) is 19.9 Å². The highest BCUT2D eigenvalue weighted by Gasteiger charge is 2.35. The van der Waals surface area contributed by atoms with Crippen molar-refractivity contribution in [1.29, 1.82) is 0 Å². The van der Waals surface area contributed by atoms with Gasteiger partial charge in [0.15, 0.2) is 23.0 Å². The SMILES string of the molecule is O=C([C@@H]1CC(Cc2ccc3c(c2)OCO3)=NO1)N1CCC(c2nc3ccccc3o2)CC1. The first-order valence-corrected chi connectivity index (χ1v) is 11.0. The molecule has 1 fully saturated rings. The minimum Gasteiger partial charge on any atom is -0.454 e. The highest BCUT2D eigenvalue weighted by molar-refractivity contribution is 5.94. The number of aromatic nitrogens is 1. The van der Waals surface area contributed by atoms with Crippen molar-refractivity contribution in [2.45, 2.75) is 37.7 Å². The van der Waals surface area contributed by atoms with E-state index in [9.17, 15) is 4.79 Å². The highest BCUT2D eigenvalue weighted by atomic mass is 16.7. The predicted octanol–water partition coefficient (Wildman–Crippen LogP) is 3.65. The molecular weight excluding hydrogens is 410 g/mol. The second-order valence-corrected chi connectivity index (χ2v) is 8.44. The summed E-state index contributed by atoms with van der Waals surface area (Å²) in [6.07, 6.45) is 2.25. The zero-order valence-electron chi connectivity index (χ0n) is 17.5. The lowest BCUT2D eigenvalue weighted by Gasteiger charge is -2.31. The van der Waals surface area contributed by atoms with E-state index in [1.807, 2.05) is 47.4 Å². The Morgan fingerprint density at radius 1 is 1.06 bits per heavy atom. The minimum atomic E-state index is -0.542. The normalized spacial score (nSPS) is 20.4. The third-order valence-corrected chi connectivity index (χ3v) is 6.32. The van der Waals surface area contributed by atoms with Crippen LogP contribution >= 0.6 is 0 Å². The summed E-state index contributed by atoms with van der Waals surface area (Å²) in [4.78, 5) is 25.0. The van der Waals surface area contributed by atoms with Crippen molar-refractivity contribution in [3.05, 3.63) is 53.9 Å². The summed E-state index contributed by atoms with van der Waals surface area (Å²) in [6.45, 7) is 1.58. The number of fused-ring (bicyclic) bond motifs is 2. The number of nitrogens with zero attached hydrogens (tertiary/aromatic N) is 3. The Hall–Kier alpha value is -3.55. The molecule has 0 N–H and O–H groups in total. The number of hydrogen-bond donors (Lipinski definition) is 0. The van der Waals surface area contributed by atoms with E-state index in [1.54, 1.807) is 0 Å². The van der Waals surface area contributed by atoms with Gasteiger partial charge in [-0.2, -0.15) is 0 Å². The Labute approximate surface area is 184 Å². The predicted molar refractivity (Wildman–Crippen MR) is 116 cm³/mol. The maximum Gasteiger partial charge on any atom is 0.266 e. The van der Waals surface area contributed by atoms with Crippen LogP contribution in [-0.2, 0) is 16.1 Å². The third kappa shape index (κ3) is 3.55. The van der Waals surface area contributed by atoms with Crippen molar-refractivity contribution in [1.82, 2.24) is 9.88 Å². The lowest BCUT2D eigenvalue weighted by molar-refractivity contribution is -0.143. The third-order valence-electron chi connectivity index (χ3n) is 6.32. The number of carbonyl (C=O) groups excluding carboxylic acids is 1. The van der Waals surface area contributed by atoms with E-state index in [0.717, 1.165) is 52.6 Å². The maximum atomic E-state index is 13.0. The van der Waals surface area contributed by atoms with E-state index in [2.05, 4.69) is 10.1 Å². The molecule has 0 saturated carbocycles. The molecular formula is C24H23N3O5. The molecule has 1 atom stereocenters. The number of likely N-dealkylation sites (tertiary alicyclic amines) is 1. The van der Waals surface area contributed by atoms with Gasteiger partial charge in [0.05, 0.1) is 5.71 Å². The van der Waals surface area contributed by atoms with Crippen LogP contribution in [0.25, 0.3) is 11.1 Å². The van der Waals surface area contributed by atoms with Crippen LogP contribution in [0.2, 0.25) is 0 Å². The van der Waals surface area contributed by atoms with Crippen LogP contribution < -0.4 is 9.47 Å². The molecule has 8 nitrogen and oxygen atoms in total. The Morgan fingerprint density at radius 2 is 1.91 bits per heavy atom. The standard InChI is InChI=1S/C24H23N3O5/c28-24(22-13-17(26-32-22)11-15-5-6-20-21(12-15)30-14-29-20)27-9-7-16(8-10-27)23-25-18-3-1-2-4-19(18)31-23/h1-6,12,16,22H,7-11,13-14H2/t22-/m0/s1. The smallest absolute Gasteiger partial charge is 0.266 e. The molecule has 0 aliphatic carbocycles. The zero-order valence-corrected chi connectivity index (χ0v) is 17.5. The Kier molecular flexibility index (Phi) is 4.70. The molecule has 3 aliphatic heterocycles. The van der Waals surface area contributed by atoms with Crippen LogP contribution in [0.4, 0.5) is 0 Å². The molecule has 164 valence electrons. The molecule has 4 heterocycles. The van der Waals surface area contributed by atoms with Gasteiger partial charge in [0.1, 0.15) is 5.52 Å². The van der Waals surface area contributed by atoms with Gasteiger partial charge in [0.25, 0.3) is 5.91 Å². The monoisotopic (exact) mass is 433 g/mol. The molecule has 0 spiro atoms. The van der Waals surface area contributed by atoms with E-state index in [0.29, 0.717) is 25.9 Å². The number of ether oxygens (including phenoxy) is 2. The molecule has 8 heteroatoms. The molecule has 6 rings (SSSR count). The molecule has 32 heavy (non-hydrogen) atoms. The fourth-order valence-electron chi connectivity index (χ4n) is 4.57. The fourth-order valence-corrected chi connectivity index (χ4v) is 4.57. The number of oxazole rings is 1. The first-order chi connectivity index (χ1) is 15.7. The van der Waals surface area contributed by atoms with Crippen molar-refractivity contribution < 1.29 is 23.5 Å². The number of carbonyl (C=O) groups is 1. The molecule has 1 aromatic heterocycles. The molecule has 3 aliphatic rings. The maximum absolute atomic E-state index is 13.0. The number of oxime groups is 1. The lowest BCUT2D eigenvalue weighted by Crippen LogP contribution is -2.43. The van der Waals surface area contributed by atoms with Crippen LogP contribution in [0.15, 0.2) is 52.0 Å². The van der Waals surface area contributed by atoms with Crippen LogP contribution in [0.3, 0.4) is 0 Å². The number of rotatable bonds is 4. The fraction of sp³-hybridized carbons (Fsp3) is 0.375. The van der Waals surface area contributed by atoms with E-state index < -0.39 is 6.10 Å². The van der Waals surface area contributed by atoms with Crippen molar-refractivity contribution >= 4 is 22.7 Å². The van der Waals surface area contributed by atoms with Crippen molar-refractivity contribution in [3.63, 3.8) is 0 Å². The summed E-state index contributed by atoms with van der Waals surface area (Å²) in [5.74, 6) is 2.51. The van der Waals surface area contributed by atoms with Gasteiger partial charge in [-0.15, -0.1) is 0 Å². The number of para-hydroxylation sites is 2. The molecule has 1 amide bonds. The largest absolute Gasteiger partial charge is 0.454 e. The van der Waals surface area contributed by atoms with E-state index in [-0.39, 0.29) is 18.6 Å². The Bertz CT molecular complexity index is 1160. The summed E-state index contributed by atoms with van der Waals surface area (Å²) < 4.78 is 16.7. The van der Waals surface area contributed by atoms with Gasteiger partial charge in [-0.1, -0.05) is 23.4 Å². The van der Waals surface area contributed by atoms with Crippen LogP contribution in [0.5, 0.6) is 11.5 Å². The molecule has 3 aromatic rings. The van der Waals surface area contributed by atoms with E-state index in [1.165, 1.54) is 0 Å². The second kappa shape index (κ2) is 7.85. The van der Waals surface area contributed by atoms with Gasteiger partial charge in [0.2, 0.25) is 12.9 Å². The van der Waals surface area contributed by atoms with Crippen molar-refractivity contribution in [2.24, 2.45) is 5.16 Å². The summed E-state index contributed by atoms with van der Waals surface area (Å²) >= 11 is 0. The van der Waals surface area contributed by atoms with E-state index >= 15 is 0 Å². The van der Waals surface area contributed by atoms with Gasteiger partial charge < -0.3 is 23.6 Å². The first kappa shape index (κ1) is 19.2. The summed E-state index contributed by atoms with van der Waals surface area (Å²) in [7, 11) is 0. The minimum absolute atomic E-state index is 0.00505. The Balaban J connectivity index is 1.03. The second-order valence-electron chi connectivity index (χ2n) is 8.44. The number of hydrogen-bond acceptors (Lipinski definition) is 7. The van der Waals surface area contributed by atoms with Gasteiger partial charge in [-0.3, -0.25) is 4.79 Å². The van der Waals surface area contributed by atoms with E-state index in [4.69, 9.17) is 18.7 Å². The summed E-state index contributed by atoms with van der Waals surface area (Å²) in [5.41, 5.74) is 3.62. The average molecular weight is 433 g/mol. The van der Waals surface area contributed by atoms with Gasteiger partial charge in [0, 0.05) is 31.8 Å². The number of benzene rings is 2. The highest BCUT2D eigenvalue weighted by Crippen LogP contribution is 2.33. The molecule has 2 aromatic carbocycles.